The smallest absolute Gasteiger partial charge is 0.306 e. The second-order valence-electron chi connectivity index (χ2n) is 6.27. The number of aryl methyl sites for hydroxylation is 2. The van der Waals surface area contributed by atoms with Crippen molar-refractivity contribution < 1.29 is 9.53 Å². The third-order valence-electron chi connectivity index (χ3n) is 3.92. The molecule has 1 fully saturated rings. The predicted molar refractivity (Wildman–Crippen MR) is 109 cm³/mol. The van der Waals surface area contributed by atoms with E-state index >= 15 is 0 Å². The summed E-state index contributed by atoms with van der Waals surface area (Å²) >= 11 is 0. The number of anilines is 1. The molecule has 0 atom stereocenters. The summed E-state index contributed by atoms with van der Waals surface area (Å²) in [5, 5.41) is 3.08. The second-order valence-corrected chi connectivity index (χ2v) is 6.27. The van der Waals surface area contributed by atoms with Crippen LogP contribution >= 0.6 is 24.0 Å². The maximum atomic E-state index is 11.7. The minimum atomic E-state index is -0.118. The zero-order chi connectivity index (χ0) is 16.7. The van der Waals surface area contributed by atoms with E-state index in [-0.39, 0.29) is 36.0 Å². The Morgan fingerprint density at radius 3 is 2.50 bits per heavy atom. The number of ether oxygens (including phenoxy) is 1. The fourth-order valence-corrected chi connectivity index (χ4v) is 2.91. The van der Waals surface area contributed by atoms with Crippen molar-refractivity contribution in [3.05, 3.63) is 29.3 Å². The SMILES string of the molecule is Cc1cc(C)cc(NC(N)=NCCCC(=O)OC2CCCC2)c1.I. The number of esters is 1. The van der Waals surface area contributed by atoms with Crippen LogP contribution in [0.2, 0.25) is 0 Å². The standard InChI is InChI=1S/C18H27N3O2.HI/c1-13-10-14(2)12-15(11-13)21-18(19)20-9-5-8-17(22)23-16-6-3-4-7-16;/h10-12,16H,3-9H2,1-2H3,(H3,19,20,21);1H. The van der Waals surface area contributed by atoms with E-state index in [2.05, 4.69) is 16.4 Å². The molecule has 6 heteroatoms. The molecule has 1 aliphatic carbocycles. The molecule has 1 aromatic carbocycles. The maximum absolute atomic E-state index is 11.7. The number of carbonyl (C=O) groups is 1. The predicted octanol–water partition coefficient (Wildman–Crippen LogP) is 3.91. The summed E-state index contributed by atoms with van der Waals surface area (Å²) < 4.78 is 5.41. The Balaban J connectivity index is 0.00000288. The quantitative estimate of drug-likeness (QED) is 0.229. The highest BCUT2D eigenvalue weighted by atomic mass is 127. The van der Waals surface area contributed by atoms with Crippen LogP contribution in [0.5, 0.6) is 0 Å². The Morgan fingerprint density at radius 1 is 1.25 bits per heavy atom. The van der Waals surface area contributed by atoms with Crippen LogP contribution in [0.25, 0.3) is 0 Å². The van der Waals surface area contributed by atoms with E-state index in [1.165, 1.54) is 24.0 Å². The summed E-state index contributed by atoms with van der Waals surface area (Å²) in [4.78, 5) is 16.0. The van der Waals surface area contributed by atoms with Crippen LogP contribution in [0.3, 0.4) is 0 Å². The van der Waals surface area contributed by atoms with Gasteiger partial charge in [0.05, 0.1) is 0 Å². The Labute approximate surface area is 161 Å². The molecule has 1 aromatic rings. The van der Waals surface area contributed by atoms with Crippen LogP contribution in [0.1, 0.15) is 49.7 Å². The molecule has 0 aliphatic heterocycles. The summed E-state index contributed by atoms with van der Waals surface area (Å²) in [6, 6.07) is 6.15. The van der Waals surface area contributed by atoms with Crippen molar-refractivity contribution in [1.29, 1.82) is 0 Å². The third-order valence-corrected chi connectivity index (χ3v) is 3.92. The minimum Gasteiger partial charge on any atom is -0.462 e. The Hall–Kier alpha value is -1.31. The van der Waals surface area contributed by atoms with Gasteiger partial charge in [0.15, 0.2) is 5.96 Å². The Morgan fingerprint density at radius 2 is 1.88 bits per heavy atom. The van der Waals surface area contributed by atoms with Crippen molar-refractivity contribution in [2.75, 3.05) is 11.9 Å². The summed E-state index contributed by atoms with van der Waals surface area (Å²) in [6.45, 7) is 4.60. The van der Waals surface area contributed by atoms with Crippen LogP contribution in [0.4, 0.5) is 5.69 Å². The molecule has 1 saturated carbocycles. The van der Waals surface area contributed by atoms with Gasteiger partial charge >= 0.3 is 5.97 Å². The fraction of sp³-hybridized carbons (Fsp3) is 0.556. The van der Waals surface area contributed by atoms with Gasteiger partial charge < -0.3 is 15.8 Å². The zero-order valence-electron chi connectivity index (χ0n) is 14.5. The van der Waals surface area contributed by atoms with Gasteiger partial charge in [0.25, 0.3) is 0 Å². The van der Waals surface area contributed by atoms with Gasteiger partial charge in [0.1, 0.15) is 6.10 Å². The molecule has 0 unspecified atom stereocenters. The van der Waals surface area contributed by atoms with Crippen LogP contribution in [0, 0.1) is 13.8 Å². The van der Waals surface area contributed by atoms with E-state index in [0.717, 1.165) is 18.5 Å². The van der Waals surface area contributed by atoms with Crippen molar-refractivity contribution in [3.63, 3.8) is 0 Å². The van der Waals surface area contributed by atoms with Gasteiger partial charge in [0, 0.05) is 18.7 Å². The van der Waals surface area contributed by atoms with Crippen LogP contribution in [-0.2, 0) is 9.53 Å². The summed E-state index contributed by atoms with van der Waals surface area (Å²) in [5.74, 6) is 0.257. The largest absolute Gasteiger partial charge is 0.462 e. The van der Waals surface area contributed by atoms with Crippen LogP contribution < -0.4 is 11.1 Å². The summed E-state index contributed by atoms with van der Waals surface area (Å²) in [6.07, 6.45) is 5.55. The average Bonchev–Trinajstić information content (AvgIpc) is 2.95. The maximum Gasteiger partial charge on any atom is 0.306 e. The number of aliphatic imine (C=N–C) groups is 1. The molecule has 1 aliphatic rings. The number of halogens is 1. The van der Waals surface area contributed by atoms with Crippen molar-refractivity contribution in [2.24, 2.45) is 10.7 Å². The van der Waals surface area contributed by atoms with Crippen molar-refractivity contribution >= 4 is 41.6 Å². The highest BCUT2D eigenvalue weighted by molar-refractivity contribution is 14.0. The first-order chi connectivity index (χ1) is 11.0. The molecule has 2 rings (SSSR count). The normalized spacial score (nSPS) is 15.0. The van der Waals surface area contributed by atoms with E-state index < -0.39 is 0 Å². The molecule has 0 spiro atoms. The number of benzene rings is 1. The lowest BCUT2D eigenvalue weighted by molar-refractivity contribution is -0.148. The molecule has 0 heterocycles. The number of nitrogens with zero attached hydrogens (tertiary/aromatic N) is 1. The van der Waals surface area contributed by atoms with Gasteiger partial charge in [-0.15, -0.1) is 24.0 Å². The van der Waals surface area contributed by atoms with Crippen molar-refractivity contribution in [2.45, 2.75) is 58.5 Å². The first-order valence-corrected chi connectivity index (χ1v) is 8.37. The van der Waals surface area contributed by atoms with Gasteiger partial charge in [-0.25, -0.2) is 0 Å². The fourth-order valence-electron chi connectivity index (χ4n) is 2.91. The third kappa shape index (κ3) is 7.51. The first-order valence-electron chi connectivity index (χ1n) is 8.37. The molecule has 0 radical (unpaired) electrons. The van der Waals surface area contributed by atoms with Crippen LogP contribution in [0.15, 0.2) is 23.2 Å². The van der Waals surface area contributed by atoms with Gasteiger partial charge in [-0.05, 0) is 69.2 Å². The molecule has 0 bridgehead atoms. The number of nitrogens with two attached hydrogens (primary N) is 1. The molecular formula is C18H28IN3O2. The molecule has 0 aromatic heterocycles. The summed E-state index contributed by atoms with van der Waals surface area (Å²) in [7, 11) is 0. The van der Waals surface area contributed by atoms with Crippen molar-refractivity contribution in [1.82, 2.24) is 0 Å². The van der Waals surface area contributed by atoms with Gasteiger partial charge in [0.2, 0.25) is 0 Å². The minimum absolute atomic E-state index is 0. The van der Waals surface area contributed by atoms with Gasteiger partial charge in [-0.3, -0.25) is 9.79 Å². The Bertz CT molecular complexity index is 549. The second kappa shape index (κ2) is 10.5. The molecule has 134 valence electrons. The molecule has 24 heavy (non-hydrogen) atoms. The van der Waals surface area contributed by atoms with E-state index in [1.807, 2.05) is 26.0 Å². The van der Waals surface area contributed by atoms with E-state index in [0.29, 0.717) is 25.3 Å². The van der Waals surface area contributed by atoms with Crippen LogP contribution in [-0.4, -0.2) is 24.6 Å². The van der Waals surface area contributed by atoms with E-state index in [1.54, 1.807) is 0 Å². The number of nitrogens with one attached hydrogen (secondary N) is 1. The lowest BCUT2D eigenvalue weighted by Gasteiger charge is -2.10. The van der Waals surface area contributed by atoms with E-state index in [9.17, 15) is 4.79 Å². The highest BCUT2D eigenvalue weighted by Gasteiger charge is 2.18. The molecule has 3 N–H and O–H groups in total. The number of rotatable bonds is 6. The average molecular weight is 445 g/mol. The zero-order valence-corrected chi connectivity index (χ0v) is 16.8. The lowest BCUT2D eigenvalue weighted by atomic mass is 10.1. The number of guanidine groups is 1. The topological polar surface area (TPSA) is 76.7 Å². The number of hydrogen-bond donors (Lipinski definition) is 2. The lowest BCUT2D eigenvalue weighted by Crippen LogP contribution is -2.23. The molecule has 0 saturated heterocycles. The number of hydrogen-bond acceptors (Lipinski definition) is 3. The van der Waals surface area contributed by atoms with Crippen molar-refractivity contribution in [3.8, 4) is 0 Å². The van der Waals surface area contributed by atoms with E-state index in [4.69, 9.17) is 10.5 Å². The molecule has 5 nitrogen and oxygen atoms in total. The summed E-state index contributed by atoms with van der Waals surface area (Å²) in [5.41, 5.74) is 9.16. The molecule has 0 amide bonds. The van der Waals surface area contributed by atoms with Gasteiger partial charge in [-0.2, -0.15) is 0 Å². The highest BCUT2D eigenvalue weighted by Crippen LogP contribution is 2.21. The Kier molecular flexibility index (Phi) is 9.10. The van der Waals surface area contributed by atoms with Gasteiger partial charge in [-0.1, -0.05) is 6.07 Å². The monoisotopic (exact) mass is 445 g/mol. The first kappa shape index (κ1) is 20.7. The molecular weight excluding hydrogens is 417 g/mol. The number of carbonyl (C=O) groups excluding carboxylic acids is 1.